The van der Waals surface area contributed by atoms with Crippen LogP contribution in [-0.4, -0.2) is 30.5 Å². The molecule has 0 spiro atoms. The highest BCUT2D eigenvalue weighted by molar-refractivity contribution is 9.18. The van der Waals surface area contributed by atoms with Crippen molar-refractivity contribution in [2.45, 2.75) is 39.2 Å². The minimum absolute atomic E-state index is 0.110. The van der Waals surface area contributed by atoms with Gasteiger partial charge >= 0.3 is 0 Å². The number of fused-ring (bicyclic) bond motifs is 2. The van der Waals surface area contributed by atoms with Gasteiger partial charge in [0.15, 0.2) is 0 Å². The van der Waals surface area contributed by atoms with Gasteiger partial charge in [0.25, 0.3) is 5.56 Å². The van der Waals surface area contributed by atoms with E-state index < -0.39 is 0 Å². The number of rotatable bonds is 5. The SMILES string of the molecule is Cc1nnc2n(CCCCCF)c3c(c(=O)n12)CC(Br)=N3. The second-order valence-corrected chi connectivity index (χ2v) is 5.97. The number of halogens is 2. The zero-order valence-corrected chi connectivity index (χ0v) is 13.2. The molecule has 0 N–H and O–H groups in total. The van der Waals surface area contributed by atoms with Gasteiger partial charge in [-0.15, -0.1) is 10.2 Å². The molecular formula is C13H15BrFN5O. The quantitative estimate of drug-likeness (QED) is 0.773. The summed E-state index contributed by atoms with van der Waals surface area (Å²) >= 11 is 3.36. The molecule has 0 unspecified atom stereocenters. The van der Waals surface area contributed by atoms with Crippen LogP contribution in [0.3, 0.4) is 0 Å². The Bertz CT molecular complexity index is 779. The molecule has 0 aromatic carbocycles. The van der Waals surface area contributed by atoms with Crippen LogP contribution >= 0.6 is 15.9 Å². The number of unbranched alkanes of at least 4 members (excludes halogenated alkanes) is 2. The van der Waals surface area contributed by atoms with Gasteiger partial charge in [-0.2, -0.15) is 0 Å². The van der Waals surface area contributed by atoms with Crippen LogP contribution in [0.1, 0.15) is 30.7 Å². The first kappa shape index (κ1) is 14.4. The van der Waals surface area contributed by atoms with E-state index in [1.165, 1.54) is 4.40 Å². The molecule has 8 heteroatoms. The predicted molar refractivity (Wildman–Crippen MR) is 81.5 cm³/mol. The van der Waals surface area contributed by atoms with Crippen LogP contribution in [0, 0.1) is 6.92 Å². The van der Waals surface area contributed by atoms with Crippen LogP contribution < -0.4 is 5.56 Å². The molecule has 0 atom stereocenters. The van der Waals surface area contributed by atoms with Crippen molar-refractivity contribution in [2.75, 3.05) is 6.67 Å². The van der Waals surface area contributed by atoms with Crippen LogP contribution in [0.15, 0.2) is 9.79 Å². The molecule has 0 saturated heterocycles. The Kier molecular flexibility index (Phi) is 3.88. The third-order valence-corrected chi connectivity index (χ3v) is 4.06. The molecular weight excluding hydrogens is 341 g/mol. The van der Waals surface area contributed by atoms with Gasteiger partial charge in [-0.05, 0) is 42.1 Å². The Balaban J connectivity index is 2.10. The van der Waals surface area contributed by atoms with Crippen LogP contribution in [0.2, 0.25) is 0 Å². The summed E-state index contributed by atoms with van der Waals surface area (Å²) in [6, 6.07) is 0. The molecule has 2 aromatic heterocycles. The lowest BCUT2D eigenvalue weighted by Gasteiger charge is -2.12. The molecule has 1 aliphatic rings. The van der Waals surface area contributed by atoms with E-state index in [0.717, 1.165) is 17.5 Å². The molecule has 21 heavy (non-hydrogen) atoms. The first-order chi connectivity index (χ1) is 10.1. The molecule has 112 valence electrons. The molecule has 3 rings (SSSR count). The maximum absolute atomic E-state index is 12.5. The van der Waals surface area contributed by atoms with Crippen LogP contribution in [0.5, 0.6) is 0 Å². The summed E-state index contributed by atoms with van der Waals surface area (Å²) in [7, 11) is 0. The first-order valence-electron chi connectivity index (χ1n) is 6.90. The predicted octanol–water partition coefficient (Wildman–Crippen LogP) is 2.32. The lowest BCUT2D eigenvalue weighted by atomic mass is 10.2. The number of aryl methyl sites for hydroxylation is 2. The fourth-order valence-electron chi connectivity index (χ4n) is 2.58. The van der Waals surface area contributed by atoms with Crippen molar-refractivity contribution in [1.82, 2.24) is 19.2 Å². The molecule has 0 bridgehead atoms. The van der Waals surface area contributed by atoms with Gasteiger partial charge in [0, 0.05) is 13.0 Å². The second kappa shape index (κ2) is 5.67. The zero-order valence-electron chi connectivity index (χ0n) is 11.6. The van der Waals surface area contributed by atoms with Crippen molar-refractivity contribution in [3.05, 3.63) is 21.7 Å². The standard InChI is InChI=1S/C13H15BrFN5O/c1-8-17-18-13-19(6-4-2-3-5-15)11-9(7-10(14)16-11)12(21)20(8)13/h2-7H2,1H3. The fourth-order valence-corrected chi connectivity index (χ4v) is 3.03. The lowest BCUT2D eigenvalue weighted by Crippen LogP contribution is -2.23. The number of alkyl halides is 1. The molecule has 0 amide bonds. The van der Waals surface area contributed by atoms with Gasteiger partial charge < -0.3 is 0 Å². The summed E-state index contributed by atoms with van der Waals surface area (Å²) in [5.41, 5.74) is 0.545. The van der Waals surface area contributed by atoms with E-state index >= 15 is 0 Å². The van der Waals surface area contributed by atoms with Crippen molar-refractivity contribution in [3.8, 4) is 0 Å². The molecule has 1 aliphatic heterocycles. The molecule has 0 radical (unpaired) electrons. The third kappa shape index (κ3) is 2.41. The van der Waals surface area contributed by atoms with E-state index in [0.29, 0.717) is 42.4 Å². The van der Waals surface area contributed by atoms with Crippen LogP contribution in [-0.2, 0) is 13.0 Å². The third-order valence-electron chi connectivity index (χ3n) is 3.60. The van der Waals surface area contributed by atoms with E-state index in [1.54, 1.807) is 6.92 Å². The van der Waals surface area contributed by atoms with Gasteiger partial charge in [-0.3, -0.25) is 13.8 Å². The average Bonchev–Trinajstić information content (AvgIpc) is 3.02. The maximum Gasteiger partial charge on any atom is 0.266 e. The topological polar surface area (TPSA) is 64.5 Å². The van der Waals surface area contributed by atoms with Crippen molar-refractivity contribution in [2.24, 2.45) is 4.99 Å². The largest absolute Gasteiger partial charge is 0.294 e. The van der Waals surface area contributed by atoms with Crippen molar-refractivity contribution >= 4 is 32.1 Å². The lowest BCUT2D eigenvalue weighted by molar-refractivity contribution is 0.448. The highest BCUT2D eigenvalue weighted by Crippen LogP contribution is 2.28. The van der Waals surface area contributed by atoms with Crippen molar-refractivity contribution < 1.29 is 4.39 Å². The Hall–Kier alpha value is -1.57. The van der Waals surface area contributed by atoms with Gasteiger partial charge in [0.2, 0.25) is 5.78 Å². The van der Waals surface area contributed by atoms with Crippen LogP contribution in [0.4, 0.5) is 10.2 Å². The Morgan fingerprint density at radius 2 is 2.10 bits per heavy atom. The van der Waals surface area contributed by atoms with E-state index in [-0.39, 0.29) is 12.2 Å². The number of aromatic nitrogens is 4. The summed E-state index contributed by atoms with van der Waals surface area (Å²) in [4.78, 5) is 16.9. The van der Waals surface area contributed by atoms with Crippen molar-refractivity contribution in [1.29, 1.82) is 0 Å². The minimum atomic E-state index is -0.300. The normalized spacial score (nSPS) is 13.8. The maximum atomic E-state index is 12.5. The van der Waals surface area contributed by atoms with E-state index in [1.807, 2.05) is 4.57 Å². The molecule has 6 nitrogen and oxygen atoms in total. The van der Waals surface area contributed by atoms with Crippen LogP contribution in [0.25, 0.3) is 5.78 Å². The average molecular weight is 356 g/mol. The molecule has 0 aliphatic carbocycles. The summed E-state index contributed by atoms with van der Waals surface area (Å²) < 4.78 is 16.4. The zero-order chi connectivity index (χ0) is 15.0. The van der Waals surface area contributed by atoms with Gasteiger partial charge in [-0.1, -0.05) is 0 Å². The highest BCUT2D eigenvalue weighted by atomic mass is 79.9. The Morgan fingerprint density at radius 3 is 2.86 bits per heavy atom. The number of nitrogens with zero attached hydrogens (tertiary/aromatic N) is 5. The van der Waals surface area contributed by atoms with E-state index in [2.05, 4.69) is 31.1 Å². The Labute approximate surface area is 128 Å². The molecule has 3 heterocycles. The number of aliphatic imine (C=N–C) groups is 1. The first-order valence-corrected chi connectivity index (χ1v) is 7.69. The highest BCUT2D eigenvalue weighted by Gasteiger charge is 2.24. The second-order valence-electron chi connectivity index (χ2n) is 5.06. The van der Waals surface area contributed by atoms with E-state index in [4.69, 9.17) is 0 Å². The molecule has 0 fully saturated rings. The van der Waals surface area contributed by atoms with Gasteiger partial charge in [0.1, 0.15) is 11.6 Å². The fraction of sp³-hybridized carbons (Fsp3) is 0.538. The Morgan fingerprint density at radius 1 is 1.29 bits per heavy atom. The number of hydrogen-bond acceptors (Lipinski definition) is 4. The summed E-state index contributed by atoms with van der Waals surface area (Å²) in [6.07, 6.45) is 2.65. The monoisotopic (exact) mass is 355 g/mol. The summed E-state index contributed by atoms with van der Waals surface area (Å²) in [5.74, 6) is 1.72. The van der Waals surface area contributed by atoms with Gasteiger partial charge in [-0.25, -0.2) is 9.39 Å². The molecule has 2 aromatic rings. The molecule has 0 saturated carbocycles. The smallest absolute Gasteiger partial charge is 0.266 e. The summed E-state index contributed by atoms with van der Waals surface area (Å²) in [5, 5.41) is 8.09. The minimum Gasteiger partial charge on any atom is -0.294 e. The summed E-state index contributed by atoms with van der Waals surface area (Å²) in [6.45, 7) is 2.10. The number of hydrogen-bond donors (Lipinski definition) is 0. The van der Waals surface area contributed by atoms with Gasteiger partial charge in [0.05, 0.1) is 16.9 Å². The van der Waals surface area contributed by atoms with E-state index in [9.17, 15) is 9.18 Å². The van der Waals surface area contributed by atoms with Crippen molar-refractivity contribution in [3.63, 3.8) is 0 Å².